The summed E-state index contributed by atoms with van der Waals surface area (Å²) in [4.78, 5) is 16.5. The van der Waals surface area contributed by atoms with E-state index in [4.69, 9.17) is 4.42 Å². The smallest absolute Gasteiger partial charge is 0.258 e. The third-order valence-electron chi connectivity index (χ3n) is 3.89. The predicted molar refractivity (Wildman–Crippen MR) is 77.6 cm³/mol. The maximum atomic E-state index is 12.6. The molecular weight excluding hydrogens is 268 g/mol. The summed E-state index contributed by atoms with van der Waals surface area (Å²) in [5.74, 6) is 0.691. The average Bonchev–Trinajstić information content (AvgIpc) is 3.07. The molecule has 0 unspecified atom stereocenters. The number of fused-ring (bicyclic) bond motifs is 1. The molecule has 0 spiro atoms. The van der Waals surface area contributed by atoms with Gasteiger partial charge in [0.25, 0.3) is 5.91 Å². The molecule has 6 nitrogen and oxygen atoms in total. The van der Waals surface area contributed by atoms with Gasteiger partial charge < -0.3 is 14.2 Å². The minimum absolute atomic E-state index is 0.0215. The molecule has 112 valence electrons. The van der Waals surface area contributed by atoms with Crippen molar-refractivity contribution in [3.63, 3.8) is 0 Å². The first kappa shape index (κ1) is 13.9. The number of amides is 1. The zero-order valence-corrected chi connectivity index (χ0v) is 12.9. The van der Waals surface area contributed by atoms with Gasteiger partial charge in [-0.15, -0.1) is 0 Å². The van der Waals surface area contributed by atoms with Crippen LogP contribution >= 0.6 is 0 Å². The van der Waals surface area contributed by atoms with E-state index in [2.05, 4.69) is 10.00 Å². The number of nitrogens with zero attached hydrogens (tertiary/aromatic N) is 4. The van der Waals surface area contributed by atoms with E-state index in [1.54, 1.807) is 12.3 Å². The van der Waals surface area contributed by atoms with Crippen LogP contribution in [0.3, 0.4) is 0 Å². The highest BCUT2D eigenvalue weighted by Gasteiger charge is 2.31. The molecule has 0 saturated carbocycles. The average molecular weight is 288 g/mol. The molecule has 3 rings (SSSR count). The van der Waals surface area contributed by atoms with E-state index in [9.17, 15) is 4.79 Å². The fourth-order valence-corrected chi connectivity index (χ4v) is 2.82. The molecule has 0 fully saturated rings. The molecule has 2 aromatic rings. The third-order valence-corrected chi connectivity index (χ3v) is 3.89. The zero-order chi connectivity index (χ0) is 15.1. The summed E-state index contributed by atoms with van der Waals surface area (Å²) in [6.07, 6.45) is 1.56. The van der Waals surface area contributed by atoms with Crippen molar-refractivity contribution >= 4 is 5.91 Å². The molecule has 0 aliphatic carbocycles. The Bertz CT molecular complexity index is 684. The van der Waals surface area contributed by atoms with Gasteiger partial charge in [0, 0.05) is 19.2 Å². The molecule has 3 heterocycles. The van der Waals surface area contributed by atoms with Gasteiger partial charge in [-0.05, 0) is 27.1 Å². The quantitative estimate of drug-likeness (QED) is 0.859. The highest BCUT2D eigenvalue weighted by molar-refractivity contribution is 5.95. The van der Waals surface area contributed by atoms with E-state index in [-0.39, 0.29) is 5.91 Å². The van der Waals surface area contributed by atoms with E-state index in [1.807, 2.05) is 37.6 Å². The van der Waals surface area contributed by atoms with Crippen molar-refractivity contribution in [3.8, 4) is 0 Å². The molecule has 0 saturated heterocycles. The zero-order valence-electron chi connectivity index (χ0n) is 12.9. The van der Waals surface area contributed by atoms with Gasteiger partial charge in [-0.2, -0.15) is 5.10 Å². The van der Waals surface area contributed by atoms with Crippen LogP contribution < -0.4 is 0 Å². The van der Waals surface area contributed by atoms with Gasteiger partial charge in [-0.1, -0.05) is 0 Å². The molecule has 1 aliphatic heterocycles. The Kier molecular flexibility index (Phi) is 3.33. The van der Waals surface area contributed by atoms with Crippen molar-refractivity contribution in [2.24, 2.45) is 7.05 Å². The monoisotopic (exact) mass is 288 g/mol. The molecule has 1 amide bonds. The number of aryl methyl sites for hydroxylation is 2. The highest BCUT2D eigenvalue weighted by Crippen LogP contribution is 2.28. The highest BCUT2D eigenvalue weighted by atomic mass is 16.3. The minimum Gasteiger partial charge on any atom is -0.469 e. The van der Waals surface area contributed by atoms with E-state index < -0.39 is 0 Å². The summed E-state index contributed by atoms with van der Waals surface area (Å²) in [5.41, 5.74) is 4.00. The normalized spacial score (nSPS) is 14.0. The number of rotatable bonds is 3. The summed E-state index contributed by atoms with van der Waals surface area (Å²) >= 11 is 0. The third kappa shape index (κ3) is 2.35. The van der Waals surface area contributed by atoms with Gasteiger partial charge in [0.05, 0.1) is 36.3 Å². The number of carbonyl (C=O) groups is 1. The lowest BCUT2D eigenvalue weighted by atomic mass is 10.2. The Balaban J connectivity index is 1.85. The molecular formula is C15H20N4O2. The Hall–Kier alpha value is -2.08. The maximum Gasteiger partial charge on any atom is 0.258 e. The predicted octanol–water partition coefficient (Wildman–Crippen LogP) is 1.54. The van der Waals surface area contributed by atoms with Crippen LogP contribution in [0.1, 0.15) is 33.1 Å². The van der Waals surface area contributed by atoms with Crippen LogP contribution in [-0.2, 0) is 26.7 Å². The Labute approximate surface area is 123 Å². The number of aromatic nitrogens is 2. The first-order valence-electron chi connectivity index (χ1n) is 6.99. The van der Waals surface area contributed by atoms with Crippen LogP contribution in [0.5, 0.6) is 0 Å². The molecule has 21 heavy (non-hydrogen) atoms. The first-order chi connectivity index (χ1) is 9.97. The first-order valence-corrected chi connectivity index (χ1v) is 6.99. The van der Waals surface area contributed by atoms with Gasteiger partial charge in [0.2, 0.25) is 0 Å². The van der Waals surface area contributed by atoms with E-state index in [1.165, 1.54) is 5.56 Å². The number of hydrogen-bond acceptors (Lipinski definition) is 4. The van der Waals surface area contributed by atoms with Crippen LogP contribution in [0.25, 0.3) is 0 Å². The van der Waals surface area contributed by atoms with Gasteiger partial charge in [-0.25, -0.2) is 0 Å². The molecule has 0 N–H and O–H groups in total. The minimum atomic E-state index is 0.0215. The van der Waals surface area contributed by atoms with Crippen molar-refractivity contribution in [1.82, 2.24) is 19.6 Å². The van der Waals surface area contributed by atoms with Crippen LogP contribution in [0.15, 0.2) is 16.7 Å². The molecule has 1 aliphatic rings. The summed E-state index contributed by atoms with van der Waals surface area (Å²) in [6.45, 7) is 3.83. The van der Waals surface area contributed by atoms with E-state index in [0.717, 1.165) is 17.9 Å². The number of carbonyl (C=O) groups excluding carboxylic acids is 1. The van der Waals surface area contributed by atoms with E-state index >= 15 is 0 Å². The number of furan rings is 1. The molecule has 0 radical (unpaired) electrons. The van der Waals surface area contributed by atoms with Crippen molar-refractivity contribution in [3.05, 3.63) is 40.6 Å². The Morgan fingerprint density at radius 2 is 2.19 bits per heavy atom. The van der Waals surface area contributed by atoms with Gasteiger partial charge >= 0.3 is 0 Å². The largest absolute Gasteiger partial charge is 0.469 e. The summed E-state index contributed by atoms with van der Waals surface area (Å²) in [7, 11) is 5.98. The molecule has 2 aromatic heterocycles. The van der Waals surface area contributed by atoms with Crippen molar-refractivity contribution in [2.45, 2.75) is 26.6 Å². The standard InChI is InChI=1S/C15H20N4O2/c1-10-11(5-6-21-10)15(20)19-7-12-13(8-17(2)3)16-18(4)14(12)9-19/h5-6H,7-9H2,1-4H3. The fourth-order valence-electron chi connectivity index (χ4n) is 2.82. The van der Waals surface area contributed by atoms with Crippen LogP contribution in [0.2, 0.25) is 0 Å². The second kappa shape index (κ2) is 5.04. The van der Waals surface area contributed by atoms with Crippen molar-refractivity contribution in [2.75, 3.05) is 14.1 Å². The Morgan fingerprint density at radius 1 is 1.43 bits per heavy atom. The lowest BCUT2D eigenvalue weighted by Crippen LogP contribution is -2.26. The lowest BCUT2D eigenvalue weighted by molar-refractivity contribution is 0.0746. The molecule has 6 heteroatoms. The maximum absolute atomic E-state index is 12.6. The van der Waals surface area contributed by atoms with Gasteiger partial charge in [0.1, 0.15) is 5.76 Å². The van der Waals surface area contributed by atoms with E-state index in [0.29, 0.717) is 24.4 Å². The van der Waals surface area contributed by atoms with Crippen LogP contribution in [0.4, 0.5) is 0 Å². The fraction of sp³-hybridized carbons (Fsp3) is 0.467. The van der Waals surface area contributed by atoms with Crippen LogP contribution in [-0.4, -0.2) is 39.6 Å². The Morgan fingerprint density at radius 3 is 2.81 bits per heavy atom. The summed E-state index contributed by atoms with van der Waals surface area (Å²) < 4.78 is 7.12. The van der Waals surface area contributed by atoms with Gasteiger partial charge in [0.15, 0.2) is 0 Å². The summed E-state index contributed by atoms with van der Waals surface area (Å²) in [6, 6.07) is 1.74. The molecule has 0 aromatic carbocycles. The van der Waals surface area contributed by atoms with Crippen molar-refractivity contribution < 1.29 is 9.21 Å². The second-order valence-electron chi connectivity index (χ2n) is 5.79. The SMILES string of the molecule is Cc1occc1C(=O)N1Cc2c(CN(C)C)nn(C)c2C1. The summed E-state index contributed by atoms with van der Waals surface area (Å²) in [5, 5.41) is 4.56. The molecule has 0 bridgehead atoms. The lowest BCUT2D eigenvalue weighted by Gasteiger charge is -2.16. The topological polar surface area (TPSA) is 54.5 Å². The van der Waals surface area contributed by atoms with Crippen LogP contribution in [0, 0.1) is 6.92 Å². The molecule has 0 atom stereocenters. The number of hydrogen-bond donors (Lipinski definition) is 0. The second-order valence-corrected chi connectivity index (χ2v) is 5.79. The van der Waals surface area contributed by atoms with Crippen molar-refractivity contribution in [1.29, 1.82) is 0 Å². The van der Waals surface area contributed by atoms with Gasteiger partial charge in [-0.3, -0.25) is 9.48 Å².